The third kappa shape index (κ3) is 3.31. The van der Waals surface area contributed by atoms with Gasteiger partial charge in [0.05, 0.1) is 17.9 Å². The zero-order valence-electron chi connectivity index (χ0n) is 11.5. The van der Waals surface area contributed by atoms with E-state index in [2.05, 4.69) is 16.2 Å². The van der Waals surface area contributed by atoms with Crippen LogP contribution in [0.25, 0.3) is 11.3 Å². The van der Waals surface area contributed by atoms with Gasteiger partial charge in [-0.05, 0) is 31.0 Å². The minimum atomic E-state index is 0.179. The fraction of sp³-hybridized carbons (Fsp3) is 0.333. The number of rotatable bonds is 4. The van der Waals surface area contributed by atoms with Crippen LogP contribution in [-0.4, -0.2) is 39.0 Å². The van der Waals surface area contributed by atoms with E-state index in [0.717, 1.165) is 52.3 Å². The number of aliphatic hydroxyl groups is 1. The van der Waals surface area contributed by atoms with E-state index in [1.807, 2.05) is 28.9 Å². The predicted octanol–water partition coefficient (Wildman–Crippen LogP) is 3.08. The van der Waals surface area contributed by atoms with Gasteiger partial charge in [-0.2, -0.15) is 5.10 Å². The van der Waals surface area contributed by atoms with E-state index in [1.54, 1.807) is 11.8 Å². The molecular formula is C15H16ClN3OS. The average molecular weight is 322 g/mol. The van der Waals surface area contributed by atoms with Crippen molar-refractivity contribution < 1.29 is 5.11 Å². The molecule has 0 spiro atoms. The van der Waals surface area contributed by atoms with E-state index in [4.69, 9.17) is 16.7 Å². The highest BCUT2D eigenvalue weighted by molar-refractivity contribution is 8.14. The lowest BCUT2D eigenvalue weighted by atomic mass is 10.1. The summed E-state index contributed by atoms with van der Waals surface area (Å²) in [5, 5.41) is 15.3. The number of hydrogen-bond donors (Lipinski definition) is 1. The Hall–Kier alpha value is -1.30. The van der Waals surface area contributed by atoms with Crippen LogP contribution in [0.5, 0.6) is 0 Å². The van der Waals surface area contributed by atoms with E-state index >= 15 is 0 Å². The van der Waals surface area contributed by atoms with Crippen molar-refractivity contribution in [3.63, 3.8) is 0 Å². The van der Waals surface area contributed by atoms with Gasteiger partial charge >= 0.3 is 0 Å². The number of nitrogens with zero attached hydrogens (tertiary/aromatic N) is 3. The zero-order valence-corrected chi connectivity index (χ0v) is 13.1. The van der Waals surface area contributed by atoms with Gasteiger partial charge in [-0.15, -0.1) is 0 Å². The van der Waals surface area contributed by atoms with Crippen LogP contribution < -0.4 is 0 Å². The first-order valence-corrected chi connectivity index (χ1v) is 8.27. The Bertz CT molecular complexity index is 651. The first-order valence-electron chi connectivity index (χ1n) is 6.91. The molecule has 1 N–H and O–H groups in total. The van der Waals surface area contributed by atoms with Crippen LogP contribution >= 0.6 is 23.4 Å². The summed E-state index contributed by atoms with van der Waals surface area (Å²) in [6, 6.07) is 9.81. The van der Waals surface area contributed by atoms with Crippen molar-refractivity contribution in [1.82, 2.24) is 9.78 Å². The van der Waals surface area contributed by atoms with Crippen LogP contribution in [0.4, 0.5) is 0 Å². The van der Waals surface area contributed by atoms with E-state index in [-0.39, 0.29) is 6.61 Å². The maximum absolute atomic E-state index is 8.99. The minimum absolute atomic E-state index is 0.179. The Labute approximate surface area is 132 Å². The topological polar surface area (TPSA) is 50.4 Å². The standard InChI is InChI=1S/C15H16ClN3OS/c16-12-5-3-11(4-6-12)14-10-13(2-1-8-20)18-19(14)15-17-7-9-21-15/h3-6,10,20H,1-2,7-9H2. The lowest BCUT2D eigenvalue weighted by Gasteiger charge is -2.06. The molecule has 0 radical (unpaired) electrons. The first kappa shape index (κ1) is 14.6. The molecule has 3 rings (SSSR count). The van der Waals surface area contributed by atoms with Crippen LogP contribution in [0.1, 0.15) is 12.1 Å². The van der Waals surface area contributed by atoms with Gasteiger partial charge in [-0.1, -0.05) is 35.5 Å². The summed E-state index contributed by atoms with van der Waals surface area (Å²) in [7, 11) is 0. The summed E-state index contributed by atoms with van der Waals surface area (Å²) in [6.07, 6.45) is 1.48. The molecule has 110 valence electrons. The highest BCUT2D eigenvalue weighted by Gasteiger charge is 2.17. The second-order valence-electron chi connectivity index (χ2n) is 4.78. The molecular weight excluding hydrogens is 306 g/mol. The van der Waals surface area contributed by atoms with Crippen molar-refractivity contribution in [3.8, 4) is 11.3 Å². The van der Waals surface area contributed by atoms with Gasteiger partial charge < -0.3 is 5.11 Å². The molecule has 21 heavy (non-hydrogen) atoms. The van der Waals surface area contributed by atoms with Gasteiger partial charge in [0, 0.05) is 22.9 Å². The summed E-state index contributed by atoms with van der Waals surface area (Å²) >= 11 is 7.68. The van der Waals surface area contributed by atoms with Crippen LogP contribution in [0.15, 0.2) is 35.3 Å². The quantitative estimate of drug-likeness (QED) is 0.941. The number of thioether (sulfide) groups is 1. The van der Waals surface area contributed by atoms with Crippen LogP contribution in [-0.2, 0) is 6.42 Å². The van der Waals surface area contributed by atoms with E-state index < -0.39 is 0 Å². The van der Waals surface area contributed by atoms with Gasteiger partial charge in [-0.25, -0.2) is 4.68 Å². The highest BCUT2D eigenvalue weighted by Crippen LogP contribution is 2.26. The molecule has 0 unspecified atom stereocenters. The summed E-state index contributed by atoms with van der Waals surface area (Å²) < 4.78 is 1.91. The third-order valence-corrected chi connectivity index (χ3v) is 4.44. The fourth-order valence-corrected chi connectivity index (χ4v) is 3.17. The van der Waals surface area contributed by atoms with Crippen molar-refractivity contribution in [3.05, 3.63) is 41.0 Å². The molecule has 0 amide bonds. The summed E-state index contributed by atoms with van der Waals surface area (Å²) in [4.78, 5) is 4.51. The summed E-state index contributed by atoms with van der Waals surface area (Å²) in [5.41, 5.74) is 3.06. The molecule has 1 aromatic carbocycles. The summed E-state index contributed by atoms with van der Waals surface area (Å²) in [5.74, 6) is 1.00. The molecule has 4 nitrogen and oxygen atoms in total. The number of aliphatic hydroxyl groups excluding tert-OH is 1. The van der Waals surface area contributed by atoms with Crippen molar-refractivity contribution in [1.29, 1.82) is 0 Å². The molecule has 1 aliphatic heterocycles. The largest absolute Gasteiger partial charge is 0.396 e. The van der Waals surface area contributed by atoms with Crippen LogP contribution in [0.3, 0.4) is 0 Å². The normalized spacial score (nSPS) is 14.5. The number of hydrogen-bond acceptors (Lipinski definition) is 4. The second kappa shape index (κ2) is 6.64. The Balaban J connectivity index is 1.99. The number of aromatic nitrogens is 2. The van der Waals surface area contributed by atoms with Gasteiger partial charge in [0.25, 0.3) is 0 Å². The van der Waals surface area contributed by atoms with Crippen molar-refractivity contribution in [2.24, 2.45) is 4.99 Å². The Morgan fingerprint density at radius 3 is 2.76 bits per heavy atom. The highest BCUT2D eigenvalue weighted by atomic mass is 35.5. The Morgan fingerprint density at radius 2 is 2.10 bits per heavy atom. The molecule has 0 aliphatic carbocycles. The second-order valence-corrected chi connectivity index (χ2v) is 6.28. The molecule has 0 fully saturated rings. The first-order chi connectivity index (χ1) is 10.3. The Kier molecular flexibility index (Phi) is 4.63. The molecule has 6 heteroatoms. The smallest absolute Gasteiger partial charge is 0.184 e. The SMILES string of the molecule is OCCCc1cc(-c2ccc(Cl)cc2)n(C2=NCCS2)n1. The number of halogens is 1. The van der Waals surface area contributed by atoms with E-state index in [0.29, 0.717) is 0 Å². The molecule has 0 saturated heterocycles. The Morgan fingerprint density at radius 1 is 1.29 bits per heavy atom. The van der Waals surface area contributed by atoms with Crippen molar-refractivity contribution in [2.45, 2.75) is 12.8 Å². The lowest BCUT2D eigenvalue weighted by molar-refractivity contribution is 0.288. The zero-order chi connectivity index (χ0) is 14.7. The average Bonchev–Trinajstić information content (AvgIpc) is 3.15. The maximum atomic E-state index is 8.99. The third-order valence-electron chi connectivity index (χ3n) is 3.24. The minimum Gasteiger partial charge on any atom is -0.396 e. The maximum Gasteiger partial charge on any atom is 0.184 e. The van der Waals surface area contributed by atoms with Gasteiger partial charge in [0.2, 0.25) is 0 Å². The number of benzene rings is 1. The van der Waals surface area contributed by atoms with Gasteiger partial charge in [0.15, 0.2) is 5.17 Å². The van der Waals surface area contributed by atoms with Gasteiger partial charge in [0.1, 0.15) is 0 Å². The number of aliphatic imine (C=N–C) groups is 1. The van der Waals surface area contributed by atoms with E-state index in [9.17, 15) is 0 Å². The van der Waals surface area contributed by atoms with Gasteiger partial charge in [-0.3, -0.25) is 4.99 Å². The molecule has 0 bridgehead atoms. The monoisotopic (exact) mass is 321 g/mol. The lowest BCUT2D eigenvalue weighted by Crippen LogP contribution is -2.09. The van der Waals surface area contributed by atoms with E-state index in [1.165, 1.54) is 0 Å². The molecule has 2 heterocycles. The molecule has 0 saturated carbocycles. The van der Waals surface area contributed by atoms with Crippen LogP contribution in [0.2, 0.25) is 5.02 Å². The molecule has 1 aromatic heterocycles. The molecule has 0 atom stereocenters. The van der Waals surface area contributed by atoms with Crippen LogP contribution in [0, 0.1) is 0 Å². The summed E-state index contributed by atoms with van der Waals surface area (Å²) in [6.45, 7) is 1.02. The predicted molar refractivity (Wildman–Crippen MR) is 88.2 cm³/mol. The fourth-order valence-electron chi connectivity index (χ4n) is 2.24. The molecule has 1 aliphatic rings. The van der Waals surface area contributed by atoms with Crippen molar-refractivity contribution in [2.75, 3.05) is 18.9 Å². The van der Waals surface area contributed by atoms with Crippen molar-refractivity contribution >= 4 is 28.5 Å². The number of aryl methyl sites for hydroxylation is 1. The molecule has 2 aromatic rings.